The van der Waals surface area contributed by atoms with Crippen molar-refractivity contribution in [2.75, 3.05) is 44.8 Å². The van der Waals surface area contributed by atoms with Gasteiger partial charge < -0.3 is 19.7 Å². The monoisotopic (exact) mass is 541 g/mol. The van der Waals surface area contributed by atoms with Gasteiger partial charge in [-0.25, -0.2) is 4.79 Å². The van der Waals surface area contributed by atoms with E-state index in [9.17, 15) is 14.2 Å². The smallest absolute Gasteiger partial charge is 0.465 e. The Bertz CT molecular complexity index is 812. The highest BCUT2D eigenvalue weighted by Crippen LogP contribution is 2.24. The number of esters is 1. The Hall–Kier alpha value is -1.67. The summed E-state index contributed by atoms with van der Waals surface area (Å²) in [5.41, 5.74) is -0.543. The van der Waals surface area contributed by atoms with E-state index in [0.29, 0.717) is 19.2 Å². The van der Waals surface area contributed by atoms with Crippen LogP contribution in [0.15, 0.2) is 35.2 Å². The average molecular weight is 542 g/mol. The lowest BCUT2D eigenvalue weighted by Gasteiger charge is -2.32. The molecule has 1 amide bonds. The van der Waals surface area contributed by atoms with E-state index in [1.807, 2.05) is 39.0 Å². The molecule has 1 unspecified atom stereocenters. The Morgan fingerprint density at radius 2 is 1.89 bits per heavy atom. The van der Waals surface area contributed by atoms with Crippen molar-refractivity contribution in [1.82, 2.24) is 10.2 Å². The second-order valence-electron chi connectivity index (χ2n) is 9.87. The van der Waals surface area contributed by atoms with Crippen LogP contribution in [-0.2, 0) is 23.4 Å². The summed E-state index contributed by atoms with van der Waals surface area (Å²) in [4.78, 5) is 28.3. The number of nitrogens with one attached hydrogen (secondary N) is 1. The fourth-order valence-electron chi connectivity index (χ4n) is 3.81. The molecule has 1 saturated heterocycles. The third kappa shape index (κ3) is 13.0. The Morgan fingerprint density at radius 3 is 2.53 bits per heavy atom. The first-order chi connectivity index (χ1) is 17.2. The number of carbonyl (C=O) groups is 2. The molecular formula is C26H42N2O6PS+. The Labute approximate surface area is 221 Å². The Morgan fingerprint density at radius 1 is 1.19 bits per heavy atom. The van der Waals surface area contributed by atoms with Gasteiger partial charge in [-0.2, -0.15) is 0 Å². The predicted molar refractivity (Wildman–Crippen MR) is 144 cm³/mol. The summed E-state index contributed by atoms with van der Waals surface area (Å²) < 4.78 is 27.4. The molecule has 0 bridgehead atoms. The maximum atomic E-state index is 12.4. The van der Waals surface area contributed by atoms with Gasteiger partial charge in [0.05, 0.1) is 19.1 Å². The molecule has 8 nitrogen and oxygen atoms in total. The fraction of sp³-hybridized carbons (Fsp3) is 0.692. The minimum Gasteiger partial charge on any atom is -0.465 e. The SMILES string of the molecule is CCO[P+](=O)CCCOC(=O)C1CCN(CC[C@H](CSc2ccccc2)NC(=O)OC(C)(C)C)CC1. The zero-order chi connectivity index (χ0) is 26.4. The highest BCUT2D eigenvalue weighted by atomic mass is 32.2. The van der Waals surface area contributed by atoms with Crippen molar-refractivity contribution in [2.24, 2.45) is 5.92 Å². The van der Waals surface area contributed by atoms with Crippen LogP contribution < -0.4 is 5.32 Å². The maximum absolute atomic E-state index is 12.4. The van der Waals surface area contributed by atoms with Gasteiger partial charge in [-0.05, 0) is 76.7 Å². The lowest BCUT2D eigenvalue weighted by molar-refractivity contribution is -0.150. The quantitative estimate of drug-likeness (QED) is 0.143. The van der Waals surface area contributed by atoms with Crippen molar-refractivity contribution in [1.29, 1.82) is 0 Å². The first kappa shape index (κ1) is 30.6. The molecule has 1 aliphatic rings. The molecule has 0 spiro atoms. The van der Waals surface area contributed by atoms with Gasteiger partial charge in [-0.1, -0.05) is 18.2 Å². The van der Waals surface area contributed by atoms with E-state index >= 15 is 0 Å². The van der Waals surface area contributed by atoms with Gasteiger partial charge in [0.15, 0.2) is 6.16 Å². The molecule has 1 aromatic rings. The number of hydrogen-bond donors (Lipinski definition) is 1. The van der Waals surface area contributed by atoms with E-state index in [1.54, 1.807) is 18.7 Å². The first-order valence-electron chi connectivity index (χ1n) is 12.8. The van der Waals surface area contributed by atoms with E-state index in [2.05, 4.69) is 22.3 Å². The third-order valence-electron chi connectivity index (χ3n) is 5.63. The van der Waals surface area contributed by atoms with Crippen molar-refractivity contribution in [2.45, 2.75) is 69.9 Å². The number of rotatable bonds is 14. The average Bonchev–Trinajstić information content (AvgIpc) is 2.83. The van der Waals surface area contributed by atoms with Crippen LogP contribution in [0, 0.1) is 5.92 Å². The zero-order valence-electron chi connectivity index (χ0n) is 22.1. The molecule has 0 aliphatic carbocycles. The van der Waals surface area contributed by atoms with E-state index in [0.717, 1.165) is 49.5 Å². The van der Waals surface area contributed by atoms with Crippen molar-refractivity contribution < 1.29 is 28.2 Å². The molecule has 2 atom stereocenters. The highest BCUT2D eigenvalue weighted by Gasteiger charge is 2.27. The summed E-state index contributed by atoms with van der Waals surface area (Å²) in [6.45, 7) is 10.6. The Kier molecular flexibility index (Phi) is 13.8. The number of hydrogen-bond acceptors (Lipinski definition) is 8. The number of ether oxygens (including phenoxy) is 2. The van der Waals surface area contributed by atoms with Crippen molar-refractivity contribution in [3.63, 3.8) is 0 Å². The lowest BCUT2D eigenvalue weighted by atomic mass is 9.97. The first-order valence-corrected chi connectivity index (χ1v) is 15.1. The molecule has 1 heterocycles. The van der Waals surface area contributed by atoms with Crippen molar-refractivity contribution in [3.8, 4) is 0 Å². The van der Waals surface area contributed by atoms with E-state index < -0.39 is 19.7 Å². The van der Waals surface area contributed by atoms with Gasteiger partial charge in [0.2, 0.25) is 0 Å². The van der Waals surface area contributed by atoms with E-state index in [4.69, 9.17) is 14.0 Å². The summed E-state index contributed by atoms with van der Waals surface area (Å²) in [5.74, 6) is 0.497. The molecule has 10 heteroatoms. The molecule has 1 aliphatic heterocycles. The maximum Gasteiger partial charge on any atom is 0.508 e. The lowest BCUT2D eigenvalue weighted by Crippen LogP contribution is -2.43. The number of piperidine rings is 1. The van der Waals surface area contributed by atoms with Crippen LogP contribution in [-0.4, -0.2) is 73.4 Å². The van der Waals surface area contributed by atoms with E-state index in [1.165, 1.54) is 0 Å². The molecule has 202 valence electrons. The predicted octanol–water partition coefficient (Wildman–Crippen LogP) is 5.49. The van der Waals surface area contributed by atoms with Gasteiger partial charge >= 0.3 is 20.1 Å². The zero-order valence-corrected chi connectivity index (χ0v) is 23.8. The van der Waals surface area contributed by atoms with Crippen LogP contribution in [0.5, 0.6) is 0 Å². The van der Waals surface area contributed by atoms with Gasteiger partial charge in [-0.15, -0.1) is 16.3 Å². The molecule has 36 heavy (non-hydrogen) atoms. The minimum atomic E-state index is -1.65. The number of carbonyl (C=O) groups excluding carboxylic acids is 2. The van der Waals surface area contributed by atoms with Gasteiger partial charge in [-0.3, -0.25) is 4.79 Å². The van der Waals surface area contributed by atoms with Crippen LogP contribution in [0.1, 0.15) is 53.4 Å². The molecule has 0 saturated carbocycles. The molecule has 1 fully saturated rings. The number of alkyl carbamates (subject to hydrolysis) is 1. The number of likely N-dealkylation sites (tertiary alicyclic amines) is 1. The van der Waals surface area contributed by atoms with Crippen molar-refractivity contribution >= 4 is 31.9 Å². The molecule has 2 rings (SSSR count). The topological polar surface area (TPSA) is 94.2 Å². The van der Waals surface area contributed by atoms with Crippen LogP contribution in [0.2, 0.25) is 0 Å². The number of nitrogens with zero attached hydrogens (tertiary/aromatic N) is 1. The second-order valence-corrected chi connectivity index (χ2v) is 12.3. The summed E-state index contributed by atoms with van der Waals surface area (Å²) in [6, 6.07) is 10.1. The summed E-state index contributed by atoms with van der Waals surface area (Å²) in [5, 5.41) is 3.04. The van der Waals surface area contributed by atoms with Crippen LogP contribution >= 0.6 is 19.8 Å². The normalized spacial score (nSPS) is 16.3. The third-order valence-corrected chi connectivity index (χ3v) is 8.03. The molecule has 0 aromatic heterocycles. The largest absolute Gasteiger partial charge is 0.508 e. The molecule has 1 N–H and O–H groups in total. The molecule has 1 aromatic carbocycles. The van der Waals surface area contributed by atoms with Crippen LogP contribution in [0.3, 0.4) is 0 Å². The molecule has 0 radical (unpaired) electrons. The number of amides is 1. The van der Waals surface area contributed by atoms with Gasteiger partial charge in [0, 0.05) is 29.7 Å². The Balaban J connectivity index is 1.74. The highest BCUT2D eigenvalue weighted by molar-refractivity contribution is 7.99. The number of thioether (sulfide) groups is 1. The second kappa shape index (κ2) is 16.2. The van der Waals surface area contributed by atoms with Crippen LogP contribution in [0.25, 0.3) is 0 Å². The summed E-state index contributed by atoms with van der Waals surface area (Å²) in [7, 11) is -1.65. The number of benzene rings is 1. The fourth-order valence-corrected chi connectivity index (χ4v) is 5.61. The minimum absolute atomic E-state index is 0.0315. The summed E-state index contributed by atoms with van der Waals surface area (Å²) >= 11 is 1.72. The summed E-state index contributed by atoms with van der Waals surface area (Å²) in [6.07, 6.45) is 2.88. The molecular weight excluding hydrogens is 499 g/mol. The van der Waals surface area contributed by atoms with Gasteiger partial charge in [0.1, 0.15) is 5.60 Å². The van der Waals surface area contributed by atoms with E-state index in [-0.39, 0.29) is 24.5 Å². The standard InChI is InChI=1S/C26H41N2O6PS/c1-5-33-35(31)19-9-18-32-24(29)21-12-15-28(16-13-21)17-14-22(27-25(30)34-26(2,3)4)20-36-23-10-7-6-8-11-23/h6-8,10-11,21-22H,5,9,12-20H2,1-4H3/p+1/t22-/m1/s1. The van der Waals surface area contributed by atoms with Gasteiger partial charge in [0.25, 0.3) is 0 Å². The van der Waals surface area contributed by atoms with Crippen LogP contribution in [0.4, 0.5) is 4.79 Å². The van der Waals surface area contributed by atoms with Crippen molar-refractivity contribution in [3.05, 3.63) is 30.3 Å².